The van der Waals surface area contributed by atoms with E-state index in [1.54, 1.807) is 7.11 Å². The number of primary amides is 1. The second kappa shape index (κ2) is 4.92. The summed E-state index contributed by atoms with van der Waals surface area (Å²) in [5.41, 5.74) is 10.6. The minimum absolute atomic E-state index is 0.355. The Balaban J connectivity index is 1.87. The lowest BCUT2D eigenvalue weighted by atomic mass is 9.97. The normalized spacial score (nSPS) is 36.2. The number of rotatable bonds is 3. The fourth-order valence-corrected chi connectivity index (χ4v) is 3.06. The summed E-state index contributed by atoms with van der Waals surface area (Å²) in [6.07, 6.45) is 4.95. The van der Waals surface area contributed by atoms with Crippen LogP contribution in [0, 0.1) is 0 Å². The zero-order valence-electron chi connectivity index (χ0n) is 10.5. The standard InChI is InChI=1S/C12H23N3O2/c1-17-10-3-6-15(7-4-10)9-2-5-12(14,8-9)11(13)16/h9-10H,2-8,14H2,1H3,(H2,13,16). The summed E-state index contributed by atoms with van der Waals surface area (Å²) in [5, 5.41) is 0. The molecule has 17 heavy (non-hydrogen) atoms. The second-order valence-electron chi connectivity index (χ2n) is 5.39. The van der Waals surface area contributed by atoms with Gasteiger partial charge in [0.1, 0.15) is 0 Å². The van der Waals surface area contributed by atoms with Crippen LogP contribution < -0.4 is 11.5 Å². The van der Waals surface area contributed by atoms with Crippen molar-refractivity contribution in [3.05, 3.63) is 0 Å². The number of nitrogens with zero attached hydrogens (tertiary/aromatic N) is 1. The lowest BCUT2D eigenvalue weighted by Crippen LogP contribution is -2.51. The highest BCUT2D eigenvalue weighted by Crippen LogP contribution is 2.32. The molecule has 2 unspecified atom stereocenters. The van der Waals surface area contributed by atoms with Gasteiger partial charge in [0.05, 0.1) is 11.6 Å². The zero-order valence-corrected chi connectivity index (χ0v) is 10.5. The molecule has 4 N–H and O–H groups in total. The van der Waals surface area contributed by atoms with E-state index in [1.165, 1.54) is 0 Å². The average Bonchev–Trinajstić information content (AvgIpc) is 2.74. The molecule has 0 aromatic rings. The SMILES string of the molecule is COC1CCN(C2CCC(N)(C(N)=O)C2)CC1. The van der Waals surface area contributed by atoms with Gasteiger partial charge in [-0.05, 0) is 32.1 Å². The number of nitrogens with two attached hydrogens (primary N) is 2. The van der Waals surface area contributed by atoms with Gasteiger partial charge in [0.2, 0.25) is 5.91 Å². The maximum absolute atomic E-state index is 11.3. The van der Waals surface area contributed by atoms with Crippen LogP contribution in [0.1, 0.15) is 32.1 Å². The molecule has 0 bridgehead atoms. The van der Waals surface area contributed by atoms with Gasteiger partial charge in [0.15, 0.2) is 0 Å². The molecule has 5 heteroatoms. The van der Waals surface area contributed by atoms with Crippen molar-refractivity contribution < 1.29 is 9.53 Å². The summed E-state index contributed by atoms with van der Waals surface area (Å²) in [7, 11) is 1.77. The highest BCUT2D eigenvalue weighted by Gasteiger charge is 2.43. The largest absolute Gasteiger partial charge is 0.381 e. The molecule has 2 aliphatic rings. The van der Waals surface area contributed by atoms with Crippen LogP contribution in [-0.2, 0) is 9.53 Å². The molecule has 1 saturated carbocycles. The molecule has 98 valence electrons. The van der Waals surface area contributed by atoms with Crippen molar-refractivity contribution in [1.29, 1.82) is 0 Å². The molecule has 0 radical (unpaired) electrons. The van der Waals surface area contributed by atoms with Crippen LogP contribution >= 0.6 is 0 Å². The van der Waals surface area contributed by atoms with Crippen molar-refractivity contribution in [2.24, 2.45) is 11.5 Å². The van der Waals surface area contributed by atoms with Gasteiger partial charge >= 0.3 is 0 Å². The molecular weight excluding hydrogens is 218 g/mol. The zero-order chi connectivity index (χ0) is 12.5. The van der Waals surface area contributed by atoms with Crippen molar-refractivity contribution in [2.75, 3.05) is 20.2 Å². The van der Waals surface area contributed by atoms with Crippen molar-refractivity contribution in [1.82, 2.24) is 4.90 Å². The molecular formula is C12H23N3O2. The van der Waals surface area contributed by atoms with Gasteiger partial charge in [-0.3, -0.25) is 4.79 Å². The number of likely N-dealkylation sites (tertiary alicyclic amines) is 1. The summed E-state index contributed by atoms with van der Waals surface area (Å²) in [5.74, 6) is -0.355. The van der Waals surface area contributed by atoms with E-state index in [-0.39, 0.29) is 5.91 Å². The van der Waals surface area contributed by atoms with E-state index in [9.17, 15) is 4.79 Å². The molecule has 2 fully saturated rings. The summed E-state index contributed by atoms with van der Waals surface area (Å²) in [4.78, 5) is 13.7. The van der Waals surface area contributed by atoms with Gasteiger partial charge in [-0.25, -0.2) is 0 Å². The number of amides is 1. The van der Waals surface area contributed by atoms with Crippen molar-refractivity contribution >= 4 is 5.91 Å². The topological polar surface area (TPSA) is 81.6 Å². The van der Waals surface area contributed by atoms with Gasteiger partial charge in [0, 0.05) is 26.2 Å². The summed E-state index contributed by atoms with van der Waals surface area (Å²) in [6, 6.07) is 0.422. The predicted octanol–water partition coefficient (Wildman–Crippen LogP) is -0.167. The lowest BCUT2D eigenvalue weighted by Gasteiger charge is -2.36. The van der Waals surface area contributed by atoms with Crippen LogP contribution in [0.3, 0.4) is 0 Å². The molecule has 1 amide bonds. The third kappa shape index (κ3) is 2.61. The predicted molar refractivity (Wildman–Crippen MR) is 65.4 cm³/mol. The number of hydrogen-bond donors (Lipinski definition) is 2. The highest BCUT2D eigenvalue weighted by atomic mass is 16.5. The van der Waals surface area contributed by atoms with Crippen LogP contribution in [0.2, 0.25) is 0 Å². The Morgan fingerprint density at radius 1 is 1.35 bits per heavy atom. The Morgan fingerprint density at radius 2 is 2.00 bits per heavy atom. The maximum Gasteiger partial charge on any atom is 0.237 e. The Bertz CT molecular complexity index is 289. The third-order valence-corrected chi connectivity index (χ3v) is 4.34. The van der Waals surface area contributed by atoms with Crippen LogP contribution in [0.15, 0.2) is 0 Å². The fourth-order valence-electron chi connectivity index (χ4n) is 3.06. The summed E-state index contributed by atoms with van der Waals surface area (Å²) in [6.45, 7) is 2.08. The minimum atomic E-state index is -0.775. The molecule has 1 aliphatic heterocycles. The Hall–Kier alpha value is -0.650. The first-order valence-electron chi connectivity index (χ1n) is 6.41. The van der Waals surface area contributed by atoms with Gasteiger partial charge in [0.25, 0.3) is 0 Å². The van der Waals surface area contributed by atoms with Crippen LogP contribution in [-0.4, -0.2) is 48.7 Å². The third-order valence-electron chi connectivity index (χ3n) is 4.34. The molecule has 2 rings (SSSR count). The quantitative estimate of drug-likeness (QED) is 0.719. The molecule has 0 aromatic heterocycles. The first-order valence-corrected chi connectivity index (χ1v) is 6.41. The molecule has 1 saturated heterocycles. The Kier molecular flexibility index (Phi) is 3.70. The monoisotopic (exact) mass is 241 g/mol. The van der Waals surface area contributed by atoms with E-state index in [4.69, 9.17) is 16.2 Å². The summed E-state index contributed by atoms with van der Waals surface area (Å²) >= 11 is 0. The van der Waals surface area contributed by atoms with Gasteiger partial charge in [-0.15, -0.1) is 0 Å². The Morgan fingerprint density at radius 3 is 2.47 bits per heavy atom. The number of hydrogen-bond acceptors (Lipinski definition) is 4. The maximum atomic E-state index is 11.3. The molecule has 2 atom stereocenters. The molecule has 0 spiro atoms. The van der Waals surface area contributed by atoms with Gasteiger partial charge in [-0.2, -0.15) is 0 Å². The van der Waals surface area contributed by atoms with Crippen molar-refractivity contribution in [3.63, 3.8) is 0 Å². The highest BCUT2D eigenvalue weighted by molar-refractivity contribution is 5.84. The Labute approximate surface area is 102 Å². The lowest BCUT2D eigenvalue weighted by molar-refractivity contribution is -0.123. The number of ether oxygens (including phenoxy) is 1. The second-order valence-corrected chi connectivity index (χ2v) is 5.39. The van der Waals surface area contributed by atoms with Crippen LogP contribution in [0.4, 0.5) is 0 Å². The smallest absolute Gasteiger partial charge is 0.237 e. The molecule has 5 nitrogen and oxygen atoms in total. The number of carbonyl (C=O) groups excluding carboxylic acids is 1. The van der Waals surface area contributed by atoms with E-state index < -0.39 is 5.54 Å². The van der Waals surface area contributed by atoms with E-state index >= 15 is 0 Å². The minimum Gasteiger partial charge on any atom is -0.381 e. The van der Waals surface area contributed by atoms with E-state index in [0.717, 1.165) is 38.8 Å². The van der Waals surface area contributed by atoms with Gasteiger partial charge in [-0.1, -0.05) is 0 Å². The summed E-state index contributed by atoms with van der Waals surface area (Å²) < 4.78 is 5.36. The van der Waals surface area contributed by atoms with Crippen LogP contribution in [0.5, 0.6) is 0 Å². The first kappa shape index (κ1) is 12.8. The fraction of sp³-hybridized carbons (Fsp3) is 0.917. The number of carbonyl (C=O) groups is 1. The van der Waals surface area contributed by atoms with E-state index in [0.29, 0.717) is 18.6 Å². The molecule has 1 aliphatic carbocycles. The van der Waals surface area contributed by atoms with E-state index in [1.807, 2.05) is 0 Å². The molecule has 1 heterocycles. The number of methoxy groups -OCH3 is 1. The van der Waals surface area contributed by atoms with E-state index in [2.05, 4.69) is 4.90 Å². The molecule has 0 aromatic carbocycles. The average molecular weight is 241 g/mol. The van der Waals surface area contributed by atoms with Crippen molar-refractivity contribution in [2.45, 2.75) is 49.8 Å². The van der Waals surface area contributed by atoms with Gasteiger partial charge < -0.3 is 21.1 Å². The first-order chi connectivity index (χ1) is 8.05. The van der Waals surface area contributed by atoms with Crippen LogP contribution in [0.25, 0.3) is 0 Å². The van der Waals surface area contributed by atoms with Crippen molar-refractivity contribution in [3.8, 4) is 0 Å². The number of piperidine rings is 1.